The minimum atomic E-state index is 0.0283. The van der Waals surface area contributed by atoms with Crippen LogP contribution in [0.15, 0.2) is 12.4 Å². The summed E-state index contributed by atoms with van der Waals surface area (Å²) < 4.78 is 1.89. The number of amides is 2. The van der Waals surface area contributed by atoms with Gasteiger partial charge in [0, 0.05) is 31.1 Å². The van der Waals surface area contributed by atoms with Gasteiger partial charge >= 0.3 is 6.03 Å². The van der Waals surface area contributed by atoms with Crippen molar-refractivity contribution in [3.8, 4) is 0 Å². The molecule has 4 heterocycles. The van der Waals surface area contributed by atoms with Gasteiger partial charge in [-0.05, 0) is 32.3 Å². The van der Waals surface area contributed by atoms with Crippen LogP contribution in [0.25, 0.3) is 0 Å². The van der Waals surface area contributed by atoms with Crippen LogP contribution < -0.4 is 5.32 Å². The summed E-state index contributed by atoms with van der Waals surface area (Å²) in [6, 6.07) is 2.24. The van der Waals surface area contributed by atoms with Gasteiger partial charge in [-0.2, -0.15) is 10.2 Å². The van der Waals surface area contributed by atoms with Crippen molar-refractivity contribution in [1.29, 1.82) is 0 Å². The number of fused-ring (bicyclic) bond motifs is 1. The number of likely N-dealkylation sites (tertiary alicyclic amines) is 1. The summed E-state index contributed by atoms with van der Waals surface area (Å²) in [6.45, 7) is 4.26. The second-order valence-electron chi connectivity index (χ2n) is 6.80. The standard InChI is InChI=1S/C16H23N7O/c1-11-7-14(21-20-11)12-3-2-6-22(8-12)16(24)19-13-4-5-15-17-10-18-23(15)9-13/h7,10,12-13H,2-6,8-9H2,1H3,(H,19,24)(H,20,21). The fraction of sp³-hybridized carbons (Fsp3) is 0.625. The third kappa shape index (κ3) is 3.00. The van der Waals surface area contributed by atoms with Crippen LogP contribution in [0.5, 0.6) is 0 Å². The first-order valence-electron chi connectivity index (χ1n) is 8.63. The topological polar surface area (TPSA) is 91.7 Å². The molecule has 2 N–H and O–H groups in total. The number of aromatic amines is 1. The van der Waals surface area contributed by atoms with Gasteiger partial charge in [-0.25, -0.2) is 14.5 Å². The van der Waals surface area contributed by atoms with Crippen molar-refractivity contribution in [2.75, 3.05) is 13.1 Å². The molecule has 2 aliphatic rings. The molecule has 8 nitrogen and oxygen atoms in total. The zero-order valence-corrected chi connectivity index (χ0v) is 13.9. The van der Waals surface area contributed by atoms with Crippen LogP contribution in [0, 0.1) is 6.92 Å². The number of nitrogens with one attached hydrogen (secondary N) is 2. The molecular formula is C16H23N7O. The minimum Gasteiger partial charge on any atom is -0.333 e. The average Bonchev–Trinajstić information content (AvgIpc) is 3.23. The minimum absolute atomic E-state index is 0.0283. The van der Waals surface area contributed by atoms with Crippen LogP contribution in [-0.4, -0.2) is 55.0 Å². The summed E-state index contributed by atoms with van der Waals surface area (Å²) in [5, 5.41) is 14.7. The van der Waals surface area contributed by atoms with E-state index in [9.17, 15) is 4.79 Å². The second kappa shape index (κ2) is 6.26. The van der Waals surface area contributed by atoms with Gasteiger partial charge in [0.05, 0.1) is 18.3 Å². The molecule has 0 bridgehead atoms. The van der Waals surface area contributed by atoms with Crippen LogP contribution in [0.2, 0.25) is 0 Å². The lowest BCUT2D eigenvalue weighted by Crippen LogP contribution is -2.50. The predicted molar refractivity (Wildman–Crippen MR) is 87.5 cm³/mol. The largest absolute Gasteiger partial charge is 0.333 e. The lowest BCUT2D eigenvalue weighted by atomic mass is 9.95. The second-order valence-corrected chi connectivity index (χ2v) is 6.80. The van der Waals surface area contributed by atoms with Crippen molar-refractivity contribution in [3.05, 3.63) is 29.6 Å². The summed E-state index contributed by atoms with van der Waals surface area (Å²) in [6.07, 6.45) is 5.46. The maximum Gasteiger partial charge on any atom is 0.317 e. The number of hydrogen-bond donors (Lipinski definition) is 2. The number of piperidine rings is 1. The third-order valence-corrected chi connectivity index (χ3v) is 4.99. The highest BCUT2D eigenvalue weighted by Crippen LogP contribution is 2.26. The van der Waals surface area contributed by atoms with E-state index in [1.165, 1.54) is 0 Å². The molecule has 4 rings (SSSR count). The van der Waals surface area contributed by atoms with Crippen LogP contribution in [-0.2, 0) is 13.0 Å². The quantitative estimate of drug-likeness (QED) is 0.866. The van der Waals surface area contributed by atoms with Crippen LogP contribution in [0.1, 0.15) is 42.4 Å². The van der Waals surface area contributed by atoms with E-state index in [4.69, 9.17) is 0 Å². The molecular weight excluding hydrogens is 306 g/mol. The molecule has 8 heteroatoms. The predicted octanol–water partition coefficient (Wildman–Crippen LogP) is 1.21. The van der Waals surface area contributed by atoms with Crippen molar-refractivity contribution in [2.24, 2.45) is 0 Å². The van der Waals surface area contributed by atoms with E-state index in [0.29, 0.717) is 12.5 Å². The number of aromatic nitrogens is 5. The molecule has 0 aliphatic carbocycles. The number of H-pyrrole nitrogens is 1. The molecule has 2 amide bonds. The highest BCUT2D eigenvalue weighted by molar-refractivity contribution is 5.74. The summed E-state index contributed by atoms with van der Waals surface area (Å²) in [7, 11) is 0. The third-order valence-electron chi connectivity index (χ3n) is 4.99. The summed E-state index contributed by atoms with van der Waals surface area (Å²) >= 11 is 0. The van der Waals surface area contributed by atoms with Crippen LogP contribution in [0.3, 0.4) is 0 Å². The molecule has 1 saturated heterocycles. The first-order valence-corrected chi connectivity index (χ1v) is 8.63. The number of hydrogen-bond acceptors (Lipinski definition) is 4. The van der Waals surface area contributed by atoms with E-state index in [1.54, 1.807) is 6.33 Å². The molecule has 1 fully saturated rings. The van der Waals surface area contributed by atoms with Crippen molar-refractivity contribution in [1.82, 2.24) is 35.2 Å². The molecule has 2 aliphatic heterocycles. The van der Waals surface area contributed by atoms with E-state index in [1.807, 2.05) is 16.5 Å². The Morgan fingerprint density at radius 3 is 3.12 bits per heavy atom. The highest BCUT2D eigenvalue weighted by Gasteiger charge is 2.28. The van der Waals surface area contributed by atoms with Crippen molar-refractivity contribution >= 4 is 6.03 Å². The summed E-state index contributed by atoms with van der Waals surface area (Å²) in [5.41, 5.74) is 2.13. The highest BCUT2D eigenvalue weighted by atomic mass is 16.2. The molecule has 2 aromatic rings. The molecule has 2 unspecified atom stereocenters. The van der Waals surface area contributed by atoms with Gasteiger partial charge < -0.3 is 10.2 Å². The molecule has 0 aromatic carbocycles. The lowest BCUT2D eigenvalue weighted by molar-refractivity contribution is 0.171. The Bertz CT molecular complexity index is 722. The molecule has 128 valence electrons. The van der Waals surface area contributed by atoms with Gasteiger partial charge in [0.1, 0.15) is 12.2 Å². The zero-order valence-electron chi connectivity index (χ0n) is 13.9. The number of carbonyl (C=O) groups excluding carboxylic acids is 1. The molecule has 2 aromatic heterocycles. The normalized spacial score (nSPS) is 23.8. The Kier molecular flexibility index (Phi) is 3.95. The van der Waals surface area contributed by atoms with Crippen molar-refractivity contribution in [3.63, 3.8) is 0 Å². The molecule has 2 atom stereocenters. The Morgan fingerprint density at radius 1 is 1.38 bits per heavy atom. The average molecular weight is 329 g/mol. The van der Waals surface area contributed by atoms with Gasteiger partial charge in [0.25, 0.3) is 0 Å². The number of carbonyl (C=O) groups is 1. The van der Waals surface area contributed by atoms with Gasteiger partial charge in [-0.3, -0.25) is 5.10 Å². The lowest BCUT2D eigenvalue weighted by Gasteiger charge is -2.34. The number of nitrogens with zero attached hydrogens (tertiary/aromatic N) is 5. The van der Waals surface area contributed by atoms with Gasteiger partial charge in [-0.1, -0.05) is 0 Å². The van der Waals surface area contributed by atoms with Crippen LogP contribution >= 0.6 is 0 Å². The van der Waals surface area contributed by atoms with E-state index in [-0.39, 0.29) is 12.1 Å². The SMILES string of the molecule is Cc1cc(C2CCCN(C(=O)NC3CCc4ncnn4C3)C2)n[nH]1. The monoisotopic (exact) mass is 329 g/mol. The number of aryl methyl sites for hydroxylation is 2. The Morgan fingerprint density at radius 2 is 2.29 bits per heavy atom. The van der Waals surface area contributed by atoms with E-state index < -0.39 is 0 Å². The molecule has 0 spiro atoms. The first kappa shape index (κ1) is 15.2. The van der Waals surface area contributed by atoms with Crippen molar-refractivity contribution in [2.45, 2.75) is 51.1 Å². The maximum atomic E-state index is 12.6. The van der Waals surface area contributed by atoms with Crippen molar-refractivity contribution < 1.29 is 4.79 Å². The Hall–Kier alpha value is -2.38. The van der Waals surface area contributed by atoms with E-state index in [0.717, 1.165) is 56.0 Å². The maximum absolute atomic E-state index is 12.6. The molecule has 0 saturated carbocycles. The van der Waals surface area contributed by atoms with Crippen LogP contribution in [0.4, 0.5) is 4.79 Å². The summed E-state index contributed by atoms with van der Waals surface area (Å²) in [4.78, 5) is 18.8. The van der Waals surface area contributed by atoms with Gasteiger partial charge in [0.15, 0.2) is 0 Å². The fourth-order valence-electron chi connectivity index (χ4n) is 3.67. The Labute approximate surface area is 140 Å². The smallest absolute Gasteiger partial charge is 0.317 e. The van der Waals surface area contributed by atoms with E-state index in [2.05, 4.69) is 31.7 Å². The summed E-state index contributed by atoms with van der Waals surface area (Å²) in [5.74, 6) is 1.33. The van der Waals surface area contributed by atoms with Gasteiger partial charge in [0.2, 0.25) is 0 Å². The Balaban J connectivity index is 1.36. The fourth-order valence-corrected chi connectivity index (χ4v) is 3.67. The first-order chi connectivity index (χ1) is 11.7. The zero-order chi connectivity index (χ0) is 16.5. The number of urea groups is 1. The molecule has 0 radical (unpaired) electrons. The molecule has 24 heavy (non-hydrogen) atoms. The number of rotatable bonds is 2. The van der Waals surface area contributed by atoms with E-state index >= 15 is 0 Å². The van der Waals surface area contributed by atoms with Gasteiger partial charge in [-0.15, -0.1) is 0 Å².